The first kappa shape index (κ1) is 13.1. The largest absolute Gasteiger partial charge is 0.284 e. The topological polar surface area (TPSA) is 74.8 Å². The maximum atomic E-state index is 11.7. The standard InChI is InChI=1S/C9H16N2O4S/c1-4-5-11(16(3,14)15)7-6-8(12)10(2)9(7)13/h7H,4-6H2,1-3H3. The van der Waals surface area contributed by atoms with Crippen LogP contribution in [0.25, 0.3) is 0 Å². The van der Waals surface area contributed by atoms with E-state index in [0.717, 1.165) is 15.5 Å². The third kappa shape index (κ3) is 2.41. The Labute approximate surface area is 95.3 Å². The normalized spacial score (nSPS) is 22.2. The summed E-state index contributed by atoms with van der Waals surface area (Å²) in [4.78, 5) is 24.0. The fourth-order valence-electron chi connectivity index (χ4n) is 1.73. The summed E-state index contributed by atoms with van der Waals surface area (Å²) in [6.45, 7) is 2.08. The summed E-state index contributed by atoms with van der Waals surface area (Å²) in [5.74, 6) is -0.774. The Bertz CT molecular complexity index is 404. The van der Waals surface area contributed by atoms with Gasteiger partial charge in [0.25, 0.3) is 0 Å². The Morgan fingerprint density at radius 3 is 2.31 bits per heavy atom. The van der Waals surface area contributed by atoms with Gasteiger partial charge in [-0.1, -0.05) is 6.92 Å². The minimum Gasteiger partial charge on any atom is -0.284 e. The molecule has 1 saturated heterocycles. The monoisotopic (exact) mass is 248 g/mol. The molecule has 1 aliphatic heterocycles. The molecule has 6 nitrogen and oxygen atoms in total. The zero-order valence-electron chi connectivity index (χ0n) is 9.63. The quantitative estimate of drug-likeness (QED) is 0.624. The Balaban J connectivity index is 2.98. The number of hydrogen-bond donors (Lipinski definition) is 0. The third-order valence-corrected chi connectivity index (χ3v) is 3.86. The van der Waals surface area contributed by atoms with Crippen molar-refractivity contribution < 1.29 is 18.0 Å². The summed E-state index contributed by atoms with van der Waals surface area (Å²) in [7, 11) is -2.08. The Morgan fingerprint density at radius 1 is 1.44 bits per heavy atom. The lowest BCUT2D eigenvalue weighted by molar-refractivity contribution is -0.137. The molecule has 1 unspecified atom stereocenters. The molecule has 0 bridgehead atoms. The van der Waals surface area contributed by atoms with Crippen LogP contribution in [-0.4, -0.2) is 55.3 Å². The van der Waals surface area contributed by atoms with Crippen molar-refractivity contribution in [1.29, 1.82) is 0 Å². The molecule has 0 spiro atoms. The van der Waals surface area contributed by atoms with Gasteiger partial charge in [-0.2, -0.15) is 4.31 Å². The molecule has 0 N–H and O–H groups in total. The molecular formula is C9H16N2O4S. The number of carbonyl (C=O) groups excluding carboxylic acids is 2. The first-order chi connectivity index (χ1) is 7.29. The van der Waals surface area contributed by atoms with Gasteiger partial charge < -0.3 is 0 Å². The minimum atomic E-state index is -3.46. The molecule has 16 heavy (non-hydrogen) atoms. The van der Waals surface area contributed by atoms with Gasteiger partial charge in [-0.15, -0.1) is 0 Å². The van der Waals surface area contributed by atoms with Crippen molar-refractivity contribution in [3.05, 3.63) is 0 Å². The van der Waals surface area contributed by atoms with Crippen LogP contribution in [0.15, 0.2) is 0 Å². The summed E-state index contributed by atoms with van der Waals surface area (Å²) < 4.78 is 24.1. The van der Waals surface area contributed by atoms with Gasteiger partial charge in [-0.25, -0.2) is 8.42 Å². The number of nitrogens with zero attached hydrogens (tertiary/aromatic N) is 2. The van der Waals surface area contributed by atoms with Crippen LogP contribution in [0, 0.1) is 0 Å². The Morgan fingerprint density at radius 2 is 2.00 bits per heavy atom. The first-order valence-electron chi connectivity index (χ1n) is 5.06. The molecule has 7 heteroatoms. The van der Waals surface area contributed by atoms with Crippen molar-refractivity contribution in [3.63, 3.8) is 0 Å². The van der Waals surface area contributed by atoms with Gasteiger partial charge in [0.2, 0.25) is 21.8 Å². The summed E-state index contributed by atoms with van der Waals surface area (Å²) in [5.41, 5.74) is 0. The van der Waals surface area contributed by atoms with Crippen LogP contribution in [0.1, 0.15) is 19.8 Å². The van der Waals surface area contributed by atoms with Crippen molar-refractivity contribution in [1.82, 2.24) is 9.21 Å². The first-order valence-corrected chi connectivity index (χ1v) is 6.91. The van der Waals surface area contributed by atoms with Crippen LogP contribution in [0.3, 0.4) is 0 Å². The lowest BCUT2D eigenvalue weighted by atomic mass is 10.2. The molecular weight excluding hydrogens is 232 g/mol. The molecule has 1 aliphatic rings. The molecule has 0 aromatic carbocycles. The molecule has 0 aromatic rings. The zero-order valence-corrected chi connectivity index (χ0v) is 10.5. The number of sulfonamides is 1. The van der Waals surface area contributed by atoms with Crippen LogP contribution in [0.2, 0.25) is 0 Å². The lowest BCUT2D eigenvalue weighted by Crippen LogP contribution is -2.44. The molecule has 1 fully saturated rings. The van der Waals surface area contributed by atoms with E-state index in [1.165, 1.54) is 7.05 Å². The van der Waals surface area contributed by atoms with E-state index in [4.69, 9.17) is 0 Å². The van der Waals surface area contributed by atoms with E-state index in [1.54, 1.807) is 0 Å². The fraction of sp³-hybridized carbons (Fsp3) is 0.778. The lowest BCUT2D eigenvalue weighted by Gasteiger charge is -2.23. The highest BCUT2D eigenvalue weighted by Crippen LogP contribution is 2.19. The van der Waals surface area contributed by atoms with Gasteiger partial charge in [0.05, 0.1) is 12.7 Å². The highest BCUT2D eigenvalue weighted by Gasteiger charge is 2.42. The molecule has 0 aliphatic carbocycles. The van der Waals surface area contributed by atoms with Gasteiger partial charge >= 0.3 is 0 Å². The molecule has 0 aromatic heterocycles. The average molecular weight is 248 g/mol. The zero-order chi connectivity index (χ0) is 12.5. The van der Waals surface area contributed by atoms with E-state index in [1.807, 2.05) is 6.92 Å². The molecule has 1 heterocycles. The van der Waals surface area contributed by atoms with Crippen LogP contribution in [0.5, 0.6) is 0 Å². The average Bonchev–Trinajstić information content (AvgIpc) is 2.41. The highest BCUT2D eigenvalue weighted by atomic mass is 32.2. The van der Waals surface area contributed by atoms with E-state index < -0.39 is 22.0 Å². The van der Waals surface area contributed by atoms with E-state index in [2.05, 4.69) is 0 Å². The van der Waals surface area contributed by atoms with E-state index in [0.29, 0.717) is 6.42 Å². The van der Waals surface area contributed by atoms with Crippen molar-refractivity contribution in [3.8, 4) is 0 Å². The van der Waals surface area contributed by atoms with Gasteiger partial charge in [0.1, 0.15) is 6.04 Å². The number of likely N-dealkylation sites (tertiary alicyclic amines) is 1. The predicted octanol–water partition coefficient (Wildman–Crippen LogP) is -0.585. The summed E-state index contributed by atoms with van der Waals surface area (Å²) in [5, 5.41) is 0. The van der Waals surface area contributed by atoms with Crippen LogP contribution in [-0.2, 0) is 19.6 Å². The Hall–Kier alpha value is -0.950. The number of amides is 2. The van der Waals surface area contributed by atoms with E-state index in [-0.39, 0.29) is 18.9 Å². The third-order valence-electron chi connectivity index (χ3n) is 2.58. The van der Waals surface area contributed by atoms with Crippen LogP contribution < -0.4 is 0 Å². The van der Waals surface area contributed by atoms with Crippen molar-refractivity contribution in [2.45, 2.75) is 25.8 Å². The Kier molecular flexibility index (Phi) is 3.69. The van der Waals surface area contributed by atoms with Crippen molar-refractivity contribution in [2.75, 3.05) is 19.8 Å². The summed E-state index contributed by atoms with van der Waals surface area (Å²) >= 11 is 0. The van der Waals surface area contributed by atoms with E-state index in [9.17, 15) is 18.0 Å². The highest BCUT2D eigenvalue weighted by molar-refractivity contribution is 7.88. The second-order valence-electron chi connectivity index (χ2n) is 3.88. The second kappa shape index (κ2) is 4.50. The van der Waals surface area contributed by atoms with Crippen molar-refractivity contribution in [2.24, 2.45) is 0 Å². The van der Waals surface area contributed by atoms with Gasteiger partial charge in [-0.05, 0) is 6.42 Å². The number of imide groups is 1. The minimum absolute atomic E-state index is 0.0532. The molecule has 92 valence electrons. The second-order valence-corrected chi connectivity index (χ2v) is 5.82. The van der Waals surface area contributed by atoms with Crippen LogP contribution >= 0.6 is 0 Å². The maximum Gasteiger partial charge on any atom is 0.247 e. The van der Waals surface area contributed by atoms with Gasteiger partial charge in [0, 0.05) is 13.6 Å². The predicted molar refractivity (Wildman–Crippen MR) is 58.0 cm³/mol. The molecule has 0 radical (unpaired) electrons. The van der Waals surface area contributed by atoms with Crippen molar-refractivity contribution >= 4 is 21.8 Å². The SMILES string of the molecule is CCCN(C1CC(=O)N(C)C1=O)S(C)(=O)=O. The summed E-state index contributed by atoms with van der Waals surface area (Å²) in [6.07, 6.45) is 1.61. The maximum absolute atomic E-state index is 11.7. The van der Waals surface area contributed by atoms with E-state index >= 15 is 0 Å². The molecule has 1 rings (SSSR count). The van der Waals surface area contributed by atoms with Crippen LogP contribution in [0.4, 0.5) is 0 Å². The fourth-order valence-corrected chi connectivity index (χ4v) is 2.88. The molecule has 2 amide bonds. The number of rotatable bonds is 4. The van der Waals surface area contributed by atoms with Gasteiger partial charge in [0.15, 0.2) is 0 Å². The summed E-state index contributed by atoms with van der Waals surface area (Å²) in [6, 6.07) is -0.854. The molecule has 1 atom stereocenters. The number of likely N-dealkylation sites (N-methyl/N-ethyl adjacent to an activating group) is 1. The molecule has 0 saturated carbocycles. The number of hydrogen-bond acceptors (Lipinski definition) is 4. The van der Waals surface area contributed by atoms with Gasteiger partial charge in [-0.3, -0.25) is 14.5 Å². The smallest absolute Gasteiger partial charge is 0.247 e. The number of carbonyl (C=O) groups is 2.